The molecule has 2 N–H and O–H groups in total. The van der Waals surface area contributed by atoms with Crippen LogP contribution in [-0.4, -0.2) is 29.4 Å². The Labute approximate surface area is 71.9 Å². The molecule has 0 unspecified atom stereocenters. The number of ether oxygens (including phenoxy) is 1. The molecule has 0 aromatic heterocycles. The molecular formula is C8H15NO3. The van der Waals surface area contributed by atoms with Gasteiger partial charge in [0.25, 0.3) is 0 Å². The van der Waals surface area contributed by atoms with Gasteiger partial charge in [0.1, 0.15) is 0 Å². The summed E-state index contributed by atoms with van der Waals surface area (Å²) in [5.74, 6) is -1.14. The molecule has 70 valence electrons. The Kier molecular flexibility index (Phi) is 2.69. The van der Waals surface area contributed by atoms with Crippen LogP contribution in [0, 0.1) is 0 Å². The molecule has 0 bridgehead atoms. The highest BCUT2D eigenvalue weighted by atomic mass is 16.6. The average Bonchev–Trinajstić information content (AvgIpc) is 1.82. The zero-order valence-corrected chi connectivity index (χ0v) is 7.46. The molecule has 1 aliphatic rings. The lowest BCUT2D eigenvalue weighted by atomic mass is 10.1. The SMILES string of the molecule is CC(C)(O)O[C@H]1CCNC(=O)C1. The third-order valence-electron chi connectivity index (χ3n) is 1.66. The molecule has 1 aliphatic heterocycles. The largest absolute Gasteiger partial charge is 0.366 e. The highest BCUT2D eigenvalue weighted by molar-refractivity contribution is 5.77. The van der Waals surface area contributed by atoms with Gasteiger partial charge in [0.05, 0.1) is 12.5 Å². The summed E-state index contributed by atoms with van der Waals surface area (Å²) in [5.41, 5.74) is 0. The Hall–Kier alpha value is -0.610. The lowest BCUT2D eigenvalue weighted by Gasteiger charge is -2.28. The zero-order valence-electron chi connectivity index (χ0n) is 7.46. The molecule has 1 rings (SSSR count). The molecule has 12 heavy (non-hydrogen) atoms. The van der Waals surface area contributed by atoms with Crippen molar-refractivity contribution in [3.63, 3.8) is 0 Å². The molecule has 1 atom stereocenters. The fourth-order valence-corrected chi connectivity index (χ4v) is 1.26. The maximum absolute atomic E-state index is 10.9. The van der Waals surface area contributed by atoms with Crippen molar-refractivity contribution in [2.24, 2.45) is 0 Å². The quantitative estimate of drug-likeness (QED) is 0.578. The minimum absolute atomic E-state index is 0.00417. The maximum atomic E-state index is 10.9. The van der Waals surface area contributed by atoms with Crippen molar-refractivity contribution in [1.29, 1.82) is 0 Å². The fraction of sp³-hybridized carbons (Fsp3) is 0.875. The van der Waals surface area contributed by atoms with Gasteiger partial charge in [-0.1, -0.05) is 0 Å². The molecule has 1 amide bonds. The number of hydrogen-bond acceptors (Lipinski definition) is 3. The first-order valence-corrected chi connectivity index (χ1v) is 4.14. The molecule has 1 saturated heterocycles. The topological polar surface area (TPSA) is 58.6 Å². The number of rotatable bonds is 2. The summed E-state index contributed by atoms with van der Waals surface area (Å²) in [6, 6.07) is 0. The van der Waals surface area contributed by atoms with Crippen LogP contribution >= 0.6 is 0 Å². The van der Waals surface area contributed by atoms with Crippen LogP contribution in [0.5, 0.6) is 0 Å². The Bertz CT molecular complexity index is 174. The summed E-state index contributed by atoms with van der Waals surface area (Å²) in [6.45, 7) is 3.78. The summed E-state index contributed by atoms with van der Waals surface area (Å²) in [5, 5.41) is 12.0. The molecule has 4 nitrogen and oxygen atoms in total. The van der Waals surface area contributed by atoms with Crippen molar-refractivity contribution in [2.75, 3.05) is 6.54 Å². The van der Waals surface area contributed by atoms with Crippen LogP contribution in [0.4, 0.5) is 0 Å². The van der Waals surface area contributed by atoms with Crippen molar-refractivity contribution in [2.45, 2.75) is 38.6 Å². The second kappa shape index (κ2) is 3.41. The van der Waals surface area contributed by atoms with E-state index in [-0.39, 0.29) is 12.0 Å². The monoisotopic (exact) mass is 173 g/mol. The molecule has 4 heteroatoms. The first kappa shape index (κ1) is 9.48. The van der Waals surface area contributed by atoms with E-state index in [1.54, 1.807) is 13.8 Å². The van der Waals surface area contributed by atoms with Crippen LogP contribution in [0.3, 0.4) is 0 Å². The summed E-state index contributed by atoms with van der Waals surface area (Å²) in [4.78, 5) is 10.9. The van der Waals surface area contributed by atoms with Gasteiger partial charge in [-0.05, 0) is 20.3 Å². The van der Waals surface area contributed by atoms with Crippen molar-refractivity contribution in [3.05, 3.63) is 0 Å². The van der Waals surface area contributed by atoms with Gasteiger partial charge < -0.3 is 15.2 Å². The minimum atomic E-state index is -1.14. The van der Waals surface area contributed by atoms with E-state index >= 15 is 0 Å². The molecular weight excluding hydrogens is 158 g/mol. The van der Waals surface area contributed by atoms with Crippen LogP contribution in [0.2, 0.25) is 0 Å². The Morgan fingerprint density at radius 1 is 1.67 bits per heavy atom. The van der Waals surface area contributed by atoms with Crippen LogP contribution in [-0.2, 0) is 9.53 Å². The Balaban J connectivity index is 2.37. The number of hydrogen-bond donors (Lipinski definition) is 2. The zero-order chi connectivity index (χ0) is 9.19. The van der Waals surface area contributed by atoms with E-state index in [1.165, 1.54) is 0 Å². The highest BCUT2D eigenvalue weighted by Crippen LogP contribution is 2.15. The van der Waals surface area contributed by atoms with Gasteiger partial charge in [0.2, 0.25) is 5.91 Å². The summed E-state index contributed by atoms with van der Waals surface area (Å²) in [6.07, 6.45) is 0.985. The van der Waals surface area contributed by atoms with E-state index in [9.17, 15) is 9.90 Å². The van der Waals surface area contributed by atoms with E-state index in [4.69, 9.17) is 4.74 Å². The van der Waals surface area contributed by atoms with Crippen LogP contribution in [0.25, 0.3) is 0 Å². The molecule has 1 fully saturated rings. The van der Waals surface area contributed by atoms with Crippen molar-refractivity contribution >= 4 is 5.91 Å². The van der Waals surface area contributed by atoms with Gasteiger partial charge >= 0.3 is 0 Å². The van der Waals surface area contributed by atoms with Gasteiger partial charge in [-0.2, -0.15) is 0 Å². The third kappa shape index (κ3) is 3.19. The lowest BCUT2D eigenvalue weighted by molar-refractivity contribution is -0.209. The van der Waals surface area contributed by atoms with Crippen molar-refractivity contribution < 1.29 is 14.6 Å². The van der Waals surface area contributed by atoms with E-state index in [2.05, 4.69) is 5.32 Å². The first-order valence-electron chi connectivity index (χ1n) is 4.14. The third-order valence-corrected chi connectivity index (χ3v) is 1.66. The maximum Gasteiger partial charge on any atom is 0.222 e. The average molecular weight is 173 g/mol. The van der Waals surface area contributed by atoms with Crippen molar-refractivity contribution in [1.82, 2.24) is 5.32 Å². The molecule has 0 saturated carbocycles. The second-order valence-electron chi connectivity index (χ2n) is 3.53. The predicted octanol–water partition coefficient (Wildman–Crippen LogP) is 0.0100. The van der Waals surface area contributed by atoms with Crippen molar-refractivity contribution in [3.8, 4) is 0 Å². The molecule has 0 aromatic rings. The van der Waals surface area contributed by atoms with Gasteiger partial charge in [-0.3, -0.25) is 4.79 Å². The molecule has 1 heterocycles. The standard InChI is InChI=1S/C8H15NO3/c1-8(2,11)12-6-3-4-9-7(10)5-6/h6,11H,3-5H2,1-2H3,(H,9,10)/t6-/m0/s1. The molecule has 0 aromatic carbocycles. The molecule has 0 aliphatic carbocycles. The Morgan fingerprint density at radius 2 is 2.33 bits per heavy atom. The number of carbonyl (C=O) groups excluding carboxylic acids is 1. The number of aliphatic hydroxyl groups is 1. The lowest BCUT2D eigenvalue weighted by Crippen LogP contribution is -2.41. The van der Waals surface area contributed by atoms with Crippen LogP contribution < -0.4 is 5.32 Å². The fourth-order valence-electron chi connectivity index (χ4n) is 1.26. The van der Waals surface area contributed by atoms with Crippen LogP contribution in [0.15, 0.2) is 0 Å². The van der Waals surface area contributed by atoms with Gasteiger partial charge in [-0.25, -0.2) is 0 Å². The first-order chi connectivity index (χ1) is 5.47. The van der Waals surface area contributed by atoms with E-state index in [0.717, 1.165) is 6.42 Å². The minimum Gasteiger partial charge on any atom is -0.366 e. The normalized spacial score (nSPS) is 25.2. The number of piperidine rings is 1. The van der Waals surface area contributed by atoms with Gasteiger partial charge in [0, 0.05) is 6.54 Å². The van der Waals surface area contributed by atoms with Gasteiger partial charge in [0.15, 0.2) is 5.79 Å². The van der Waals surface area contributed by atoms with E-state index in [0.29, 0.717) is 13.0 Å². The van der Waals surface area contributed by atoms with E-state index < -0.39 is 5.79 Å². The number of carbonyl (C=O) groups is 1. The number of amides is 1. The van der Waals surface area contributed by atoms with Gasteiger partial charge in [-0.15, -0.1) is 0 Å². The second-order valence-corrected chi connectivity index (χ2v) is 3.53. The summed E-state index contributed by atoms with van der Waals surface area (Å²) < 4.78 is 5.24. The summed E-state index contributed by atoms with van der Waals surface area (Å²) in [7, 11) is 0. The van der Waals surface area contributed by atoms with E-state index in [1.807, 2.05) is 0 Å². The molecule has 0 radical (unpaired) electrons. The number of nitrogens with one attached hydrogen (secondary N) is 1. The molecule has 0 spiro atoms. The summed E-state index contributed by atoms with van der Waals surface area (Å²) >= 11 is 0. The van der Waals surface area contributed by atoms with Crippen LogP contribution in [0.1, 0.15) is 26.7 Å². The highest BCUT2D eigenvalue weighted by Gasteiger charge is 2.25. The predicted molar refractivity (Wildman–Crippen MR) is 43.4 cm³/mol. The Morgan fingerprint density at radius 3 is 2.83 bits per heavy atom. The smallest absolute Gasteiger partial charge is 0.222 e.